The standard InChI is InChI=1S/C6H16N2O3/c7-1-6(2-8)11-4-5(10)3-9/h5-6,9-10H,1-4,7-8H2. The highest BCUT2D eigenvalue weighted by Crippen LogP contribution is 1.89. The highest BCUT2D eigenvalue weighted by Gasteiger charge is 2.07. The first-order valence-corrected chi connectivity index (χ1v) is 3.55. The third-order valence-corrected chi connectivity index (χ3v) is 1.26. The van der Waals surface area contributed by atoms with Gasteiger partial charge in [-0.15, -0.1) is 0 Å². The fourth-order valence-electron chi connectivity index (χ4n) is 0.532. The van der Waals surface area contributed by atoms with Crippen molar-refractivity contribution in [3.63, 3.8) is 0 Å². The highest BCUT2D eigenvalue weighted by molar-refractivity contribution is 4.60. The van der Waals surface area contributed by atoms with Crippen LogP contribution in [0.3, 0.4) is 0 Å². The van der Waals surface area contributed by atoms with E-state index in [1.165, 1.54) is 0 Å². The summed E-state index contributed by atoms with van der Waals surface area (Å²) in [7, 11) is 0. The molecule has 5 nitrogen and oxygen atoms in total. The van der Waals surface area contributed by atoms with Crippen molar-refractivity contribution in [2.75, 3.05) is 26.3 Å². The Labute approximate surface area is 65.9 Å². The maximum atomic E-state index is 8.84. The Morgan fingerprint density at radius 3 is 2.18 bits per heavy atom. The van der Waals surface area contributed by atoms with Gasteiger partial charge in [0.25, 0.3) is 0 Å². The van der Waals surface area contributed by atoms with Crippen molar-refractivity contribution in [3.8, 4) is 0 Å². The van der Waals surface area contributed by atoms with Crippen LogP contribution in [0.1, 0.15) is 0 Å². The van der Waals surface area contributed by atoms with Gasteiger partial charge in [-0.25, -0.2) is 0 Å². The molecule has 0 radical (unpaired) electrons. The summed E-state index contributed by atoms with van der Waals surface area (Å²) < 4.78 is 5.03. The van der Waals surface area contributed by atoms with E-state index in [2.05, 4.69) is 0 Å². The molecule has 6 N–H and O–H groups in total. The summed E-state index contributed by atoms with van der Waals surface area (Å²) in [4.78, 5) is 0. The summed E-state index contributed by atoms with van der Waals surface area (Å²) in [6, 6.07) is 0. The molecule has 11 heavy (non-hydrogen) atoms. The third kappa shape index (κ3) is 5.11. The van der Waals surface area contributed by atoms with E-state index >= 15 is 0 Å². The van der Waals surface area contributed by atoms with Crippen molar-refractivity contribution in [2.45, 2.75) is 12.2 Å². The average molecular weight is 164 g/mol. The molecule has 0 aromatic rings. The molecule has 0 rings (SSSR count). The number of aliphatic hydroxyl groups excluding tert-OH is 2. The van der Waals surface area contributed by atoms with Gasteiger partial charge in [0.05, 0.1) is 19.3 Å². The molecule has 0 heterocycles. The van der Waals surface area contributed by atoms with Gasteiger partial charge in [0.2, 0.25) is 0 Å². The Balaban J connectivity index is 3.34. The molecule has 0 fully saturated rings. The van der Waals surface area contributed by atoms with Crippen molar-refractivity contribution in [3.05, 3.63) is 0 Å². The lowest BCUT2D eigenvalue weighted by Crippen LogP contribution is -2.34. The van der Waals surface area contributed by atoms with Gasteiger partial charge in [0.1, 0.15) is 6.10 Å². The Morgan fingerprint density at radius 2 is 1.82 bits per heavy atom. The van der Waals surface area contributed by atoms with Crippen LogP contribution in [0.4, 0.5) is 0 Å². The van der Waals surface area contributed by atoms with E-state index in [9.17, 15) is 0 Å². The zero-order valence-electron chi connectivity index (χ0n) is 6.44. The number of hydrogen-bond donors (Lipinski definition) is 4. The molecule has 68 valence electrons. The highest BCUT2D eigenvalue weighted by atomic mass is 16.5. The molecule has 0 aromatic carbocycles. The first-order chi connectivity index (χ1) is 5.24. The second-order valence-corrected chi connectivity index (χ2v) is 2.26. The summed E-state index contributed by atoms with van der Waals surface area (Å²) in [5, 5.41) is 17.2. The Morgan fingerprint density at radius 1 is 1.27 bits per heavy atom. The molecule has 0 saturated heterocycles. The largest absolute Gasteiger partial charge is 0.394 e. The minimum absolute atomic E-state index is 0.0789. The summed E-state index contributed by atoms with van der Waals surface area (Å²) in [6.07, 6.45) is -1.06. The van der Waals surface area contributed by atoms with E-state index in [1.807, 2.05) is 0 Å². The van der Waals surface area contributed by atoms with Crippen molar-refractivity contribution >= 4 is 0 Å². The number of nitrogens with two attached hydrogens (primary N) is 2. The normalized spacial score (nSPS) is 13.9. The maximum Gasteiger partial charge on any atom is 0.100 e. The van der Waals surface area contributed by atoms with Gasteiger partial charge in [-0.05, 0) is 0 Å². The molecule has 1 unspecified atom stereocenters. The lowest BCUT2D eigenvalue weighted by Gasteiger charge is -2.15. The SMILES string of the molecule is NCC(CN)OCC(O)CO. The zero-order valence-corrected chi connectivity index (χ0v) is 6.44. The minimum Gasteiger partial charge on any atom is -0.394 e. The molecule has 0 spiro atoms. The van der Waals surface area contributed by atoms with E-state index in [0.29, 0.717) is 13.1 Å². The number of rotatable bonds is 6. The molecule has 0 aliphatic heterocycles. The van der Waals surface area contributed by atoms with Crippen LogP contribution in [-0.2, 0) is 4.74 Å². The van der Waals surface area contributed by atoms with E-state index in [1.54, 1.807) is 0 Å². The molecule has 5 heteroatoms. The predicted molar refractivity (Wildman–Crippen MR) is 40.9 cm³/mol. The second kappa shape index (κ2) is 6.51. The van der Waals surface area contributed by atoms with Crippen LogP contribution in [0.25, 0.3) is 0 Å². The second-order valence-electron chi connectivity index (χ2n) is 2.26. The van der Waals surface area contributed by atoms with E-state index in [0.717, 1.165) is 0 Å². The minimum atomic E-state index is -0.837. The van der Waals surface area contributed by atoms with Gasteiger partial charge in [-0.3, -0.25) is 0 Å². The van der Waals surface area contributed by atoms with Crippen LogP contribution in [0, 0.1) is 0 Å². The maximum absolute atomic E-state index is 8.84. The summed E-state index contributed by atoms with van der Waals surface area (Å²) in [5.74, 6) is 0. The Kier molecular flexibility index (Phi) is 6.39. The fourth-order valence-corrected chi connectivity index (χ4v) is 0.532. The summed E-state index contributed by atoms with van der Waals surface area (Å²) >= 11 is 0. The van der Waals surface area contributed by atoms with Gasteiger partial charge < -0.3 is 26.4 Å². The summed E-state index contributed by atoms with van der Waals surface area (Å²) in [5.41, 5.74) is 10.5. The quantitative estimate of drug-likeness (QED) is 0.352. The van der Waals surface area contributed by atoms with E-state index in [-0.39, 0.29) is 19.3 Å². The molecule has 0 amide bonds. The van der Waals surface area contributed by atoms with Gasteiger partial charge >= 0.3 is 0 Å². The number of ether oxygens (including phenoxy) is 1. The Bertz CT molecular complexity index is 87.9. The van der Waals surface area contributed by atoms with E-state index in [4.69, 9.17) is 26.4 Å². The van der Waals surface area contributed by atoms with Crippen LogP contribution in [0.5, 0.6) is 0 Å². The van der Waals surface area contributed by atoms with Crippen molar-refractivity contribution in [1.82, 2.24) is 0 Å². The van der Waals surface area contributed by atoms with Crippen molar-refractivity contribution in [1.29, 1.82) is 0 Å². The van der Waals surface area contributed by atoms with Crippen LogP contribution in [0.2, 0.25) is 0 Å². The molecule has 0 saturated carbocycles. The van der Waals surface area contributed by atoms with Crippen LogP contribution in [0.15, 0.2) is 0 Å². The number of aliphatic hydroxyl groups is 2. The molecule has 0 bridgehead atoms. The zero-order chi connectivity index (χ0) is 8.69. The average Bonchev–Trinajstić information content (AvgIpc) is 2.06. The van der Waals surface area contributed by atoms with Crippen molar-refractivity contribution < 1.29 is 14.9 Å². The third-order valence-electron chi connectivity index (χ3n) is 1.26. The molecular formula is C6H16N2O3. The topological polar surface area (TPSA) is 102 Å². The van der Waals surface area contributed by atoms with Gasteiger partial charge in [-0.2, -0.15) is 0 Å². The Hall–Kier alpha value is -0.200. The van der Waals surface area contributed by atoms with Crippen molar-refractivity contribution in [2.24, 2.45) is 11.5 Å². The molecule has 0 aromatic heterocycles. The van der Waals surface area contributed by atoms with Gasteiger partial charge in [0.15, 0.2) is 0 Å². The lowest BCUT2D eigenvalue weighted by atomic mass is 10.3. The van der Waals surface area contributed by atoms with E-state index < -0.39 is 6.10 Å². The lowest BCUT2D eigenvalue weighted by molar-refractivity contribution is -0.0224. The van der Waals surface area contributed by atoms with Crippen LogP contribution < -0.4 is 11.5 Å². The predicted octanol–water partition coefficient (Wildman–Crippen LogP) is -2.36. The molecule has 0 aliphatic rings. The monoisotopic (exact) mass is 164 g/mol. The molecule has 1 atom stereocenters. The summed E-state index contributed by atoms with van der Waals surface area (Å²) in [6.45, 7) is 0.431. The van der Waals surface area contributed by atoms with Gasteiger partial charge in [0, 0.05) is 13.1 Å². The van der Waals surface area contributed by atoms with Gasteiger partial charge in [-0.1, -0.05) is 0 Å². The molecular weight excluding hydrogens is 148 g/mol. The smallest absolute Gasteiger partial charge is 0.100 e. The first kappa shape index (κ1) is 10.8. The fraction of sp³-hybridized carbons (Fsp3) is 1.00. The first-order valence-electron chi connectivity index (χ1n) is 3.55. The molecule has 0 aliphatic carbocycles. The number of hydrogen-bond acceptors (Lipinski definition) is 5. The van der Waals surface area contributed by atoms with Crippen LogP contribution >= 0.6 is 0 Å². The van der Waals surface area contributed by atoms with Crippen LogP contribution in [-0.4, -0.2) is 48.7 Å².